The smallest absolute Gasteiger partial charge is 0.301 e. The number of hydrogen-bond donors (Lipinski definition) is 0. The largest absolute Gasteiger partial charge is 0.434 e. The predicted molar refractivity (Wildman–Crippen MR) is 137 cm³/mol. The lowest BCUT2D eigenvalue weighted by atomic mass is 10.0. The second-order valence-electron chi connectivity index (χ2n) is 8.76. The Kier molecular flexibility index (Phi) is 6.32. The molecular formula is C27H19F3N6O2S. The molecule has 0 aliphatic rings. The lowest BCUT2D eigenvalue weighted by molar-refractivity contribution is -0.141. The van der Waals surface area contributed by atoms with Crippen LogP contribution in [-0.4, -0.2) is 39.2 Å². The highest BCUT2D eigenvalue weighted by Gasteiger charge is 2.34. The summed E-state index contributed by atoms with van der Waals surface area (Å²) in [6.07, 6.45) is -1.11. The molecule has 5 rings (SSSR count). The predicted octanol–water partition coefficient (Wildman–Crippen LogP) is 5.39. The first-order valence-electron chi connectivity index (χ1n) is 11.5. The van der Waals surface area contributed by atoms with Gasteiger partial charge in [-0.15, -0.1) is 5.10 Å². The maximum Gasteiger partial charge on any atom is 0.434 e. The summed E-state index contributed by atoms with van der Waals surface area (Å²) < 4.78 is 67.5. The van der Waals surface area contributed by atoms with Crippen molar-refractivity contribution in [1.82, 2.24) is 24.5 Å². The van der Waals surface area contributed by atoms with E-state index < -0.39 is 21.7 Å². The third-order valence-electron chi connectivity index (χ3n) is 6.09. The van der Waals surface area contributed by atoms with Crippen LogP contribution in [0, 0.1) is 18.3 Å². The molecule has 0 unspecified atom stereocenters. The minimum atomic E-state index is -4.64. The van der Waals surface area contributed by atoms with Gasteiger partial charge in [-0.1, -0.05) is 35.5 Å². The number of rotatable bonds is 5. The number of hydrogen-bond acceptors (Lipinski definition) is 6. The first-order valence-corrected chi connectivity index (χ1v) is 13.3. The molecule has 3 aromatic carbocycles. The van der Waals surface area contributed by atoms with Crippen LogP contribution in [0.4, 0.5) is 13.2 Å². The quantitative estimate of drug-likeness (QED) is 0.292. The van der Waals surface area contributed by atoms with Gasteiger partial charge in [0.25, 0.3) is 0 Å². The third-order valence-corrected chi connectivity index (χ3v) is 7.20. The Bertz CT molecular complexity index is 1850. The maximum atomic E-state index is 13.5. The first kappa shape index (κ1) is 25.9. The zero-order valence-electron chi connectivity index (χ0n) is 20.5. The van der Waals surface area contributed by atoms with Gasteiger partial charge in [0.1, 0.15) is 5.82 Å². The summed E-state index contributed by atoms with van der Waals surface area (Å²) in [5.41, 5.74) is 2.53. The van der Waals surface area contributed by atoms with Crippen LogP contribution in [0.1, 0.15) is 17.1 Å². The molecule has 2 aromatic heterocycles. The lowest BCUT2D eigenvalue weighted by Gasteiger charge is -2.16. The standard InChI is InChI=1S/C27H19F3N6O2S/c1-17-33-26(27(28,29)30)16-35(17)23-11-10-21(20-4-3-5-22(12-20)39(2,37)38)13-24(23)36-25(15-32-34-36)19-8-6-18(14-31)7-9-19/h3-13,15-16H,1-2H3. The third kappa shape index (κ3) is 5.04. The summed E-state index contributed by atoms with van der Waals surface area (Å²) in [6, 6.07) is 20.1. The Morgan fingerprint density at radius 1 is 0.923 bits per heavy atom. The molecule has 0 spiro atoms. The summed E-state index contributed by atoms with van der Waals surface area (Å²) in [5, 5.41) is 17.4. The van der Waals surface area contributed by atoms with E-state index in [2.05, 4.69) is 21.4 Å². The van der Waals surface area contributed by atoms with Crippen molar-refractivity contribution < 1.29 is 21.6 Å². The average Bonchev–Trinajstić information content (AvgIpc) is 3.55. The van der Waals surface area contributed by atoms with Crippen molar-refractivity contribution in [3.05, 3.63) is 96.2 Å². The van der Waals surface area contributed by atoms with Crippen molar-refractivity contribution in [2.45, 2.75) is 18.0 Å². The Hall–Kier alpha value is -4.76. The van der Waals surface area contributed by atoms with Crippen LogP contribution in [0.25, 0.3) is 33.8 Å². The van der Waals surface area contributed by atoms with Crippen molar-refractivity contribution in [1.29, 1.82) is 5.26 Å². The number of nitriles is 1. The van der Waals surface area contributed by atoms with Gasteiger partial charge in [-0.05, 0) is 54.4 Å². The second kappa shape index (κ2) is 9.52. The zero-order chi connectivity index (χ0) is 27.9. The second-order valence-corrected chi connectivity index (χ2v) is 10.8. The van der Waals surface area contributed by atoms with Crippen molar-refractivity contribution in [3.63, 3.8) is 0 Å². The summed E-state index contributed by atoms with van der Waals surface area (Å²) in [6.45, 7) is 1.46. The topological polar surface area (TPSA) is 106 Å². The molecule has 0 aliphatic carbocycles. The van der Waals surface area contributed by atoms with Crippen LogP contribution in [0.2, 0.25) is 0 Å². The average molecular weight is 549 g/mol. The van der Waals surface area contributed by atoms with E-state index in [9.17, 15) is 21.6 Å². The van der Waals surface area contributed by atoms with Gasteiger partial charge in [-0.3, -0.25) is 0 Å². The van der Waals surface area contributed by atoms with Gasteiger partial charge < -0.3 is 4.57 Å². The van der Waals surface area contributed by atoms with Gasteiger partial charge in [0.15, 0.2) is 15.5 Å². The highest BCUT2D eigenvalue weighted by atomic mass is 32.2. The molecule has 39 heavy (non-hydrogen) atoms. The van der Waals surface area contributed by atoms with E-state index in [1.807, 2.05) is 0 Å². The van der Waals surface area contributed by atoms with E-state index in [1.165, 1.54) is 34.5 Å². The molecule has 8 nitrogen and oxygen atoms in total. The van der Waals surface area contributed by atoms with Crippen molar-refractivity contribution >= 4 is 9.84 Å². The van der Waals surface area contributed by atoms with Crippen LogP contribution in [-0.2, 0) is 16.0 Å². The Balaban J connectivity index is 1.74. The number of alkyl halides is 3. The van der Waals surface area contributed by atoms with Crippen LogP contribution in [0.5, 0.6) is 0 Å². The molecule has 0 N–H and O–H groups in total. The van der Waals surface area contributed by atoms with Crippen LogP contribution < -0.4 is 0 Å². The highest BCUT2D eigenvalue weighted by molar-refractivity contribution is 7.90. The molecule has 0 atom stereocenters. The number of nitrogens with zero attached hydrogens (tertiary/aromatic N) is 6. The molecule has 0 amide bonds. The van der Waals surface area contributed by atoms with E-state index in [0.29, 0.717) is 39.3 Å². The minimum absolute atomic E-state index is 0.107. The number of aryl methyl sites for hydroxylation is 1. The monoisotopic (exact) mass is 548 g/mol. The molecule has 0 radical (unpaired) electrons. The Morgan fingerprint density at radius 3 is 2.26 bits per heavy atom. The van der Waals surface area contributed by atoms with Gasteiger partial charge >= 0.3 is 6.18 Å². The van der Waals surface area contributed by atoms with Gasteiger partial charge in [-0.2, -0.15) is 18.4 Å². The van der Waals surface area contributed by atoms with Gasteiger partial charge in [0, 0.05) is 18.0 Å². The van der Waals surface area contributed by atoms with Crippen LogP contribution in [0.3, 0.4) is 0 Å². The van der Waals surface area contributed by atoms with Crippen molar-refractivity contribution in [2.75, 3.05) is 6.26 Å². The van der Waals surface area contributed by atoms with Gasteiger partial charge in [0.2, 0.25) is 0 Å². The summed E-state index contributed by atoms with van der Waals surface area (Å²) in [4.78, 5) is 3.82. The molecule has 0 aliphatic heterocycles. The fourth-order valence-corrected chi connectivity index (χ4v) is 4.83. The molecule has 0 saturated carbocycles. The number of aromatic nitrogens is 5. The summed E-state index contributed by atoms with van der Waals surface area (Å²) >= 11 is 0. The molecular weight excluding hydrogens is 529 g/mol. The van der Waals surface area contributed by atoms with E-state index in [0.717, 1.165) is 12.5 Å². The zero-order valence-corrected chi connectivity index (χ0v) is 21.4. The summed E-state index contributed by atoms with van der Waals surface area (Å²) in [5.74, 6) is 0.107. The summed E-state index contributed by atoms with van der Waals surface area (Å²) in [7, 11) is -3.47. The van der Waals surface area contributed by atoms with Crippen molar-refractivity contribution in [2.24, 2.45) is 0 Å². The highest BCUT2D eigenvalue weighted by Crippen LogP contribution is 2.34. The van der Waals surface area contributed by atoms with E-state index >= 15 is 0 Å². The first-order chi connectivity index (χ1) is 18.5. The van der Waals surface area contributed by atoms with Gasteiger partial charge in [-0.25, -0.2) is 18.1 Å². The number of imidazole rings is 1. The Morgan fingerprint density at radius 2 is 1.62 bits per heavy atom. The Labute approximate surface area is 221 Å². The van der Waals surface area contributed by atoms with E-state index in [-0.39, 0.29) is 10.7 Å². The van der Waals surface area contributed by atoms with Crippen LogP contribution >= 0.6 is 0 Å². The minimum Gasteiger partial charge on any atom is -0.301 e. The van der Waals surface area contributed by atoms with Crippen LogP contribution in [0.15, 0.2) is 84.0 Å². The molecule has 0 saturated heterocycles. The number of halogens is 3. The fraction of sp³-hybridized carbons (Fsp3) is 0.111. The molecule has 12 heteroatoms. The lowest BCUT2D eigenvalue weighted by Crippen LogP contribution is -2.07. The maximum absolute atomic E-state index is 13.5. The normalized spacial score (nSPS) is 11.9. The number of benzene rings is 3. The molecule has 196 valence electrons. The number of sulfone groups is 1. The SMILES string of the molecule is Cc1nc(C(F)(F)F)cn1-c1ccc(-c2cccc(S(C)(=O)=O)c2)cc1-n1nncc1-c1ccc(C#N)cc1. The molecule has 0 fully saturated rings. The van der Waals surface area contributed by atoms with Crippen molar-refractivity contribution in [3.8, 4) is 39.8 Å². The molecule has 5 aromatic rings. The van der Waals surface area contributed by atoms with Gasteiger partial charge in [0.05, 0.1) is 39.8 Å². The van der Waals surface area contributed by atoms with E-state index in [1.54, 1.807) is 54.6 Å². The molecule has 0 bridgehead atoms. The van der Waals surface area contributed by atoms with E-state index in [4.69, 9.17) is 5.26 Å². The molecule has 2 heterocycles. The fourth-order valence-electron chi connectivity index (χ4n) is 4.16.